The monoisotopic (exact) mass is 421 g/mol. The topological polar surface area (TPSA) is 82.1 Å². The predicted molar refractivity (Wildman–Crippen MR) is 121 cm³/mol. The molecule has 0 aromatic heterocycles. The predicted octanol–water partition coefficient (Wildman–Crippen LogP) is 4.44. The average Bonchev–Trinajstić information content (AvgIpc) is 2.82. The summed E-state index contributed by atoms with van der Waals surface area (Å²) in [5.74, 6) is -0.0901. The number of anilines is 1. The van der Waals surface area contributed by atoms with Crippen molar-refractivity contribution in [3.05, 3.63) is 71.8 Å². The van der Waals surface area contributed by atoms with E-state index in [9.17, 15) is 9.59 Å². The quantitative estimate of drug-likeness (QED) is 0.435. The maximum atomic E-state index is 12.9. The number of amides is 2. The SMILES string of the molecule is CCN(CC)Cc1c(OC(=O)N(C)c2ccc(C(=O)NO)cc2)ccc2ccccc12. The summed E-state index contributed by atoms with van der Waals surface area (Å²) in [7, 11) is 1.61. The third-order valence-electron chi connectivity index (χ3n) is 5.36. The third kappa shape index (κ3) is 5.02. The molecule has 0 bridgehead atoms. The Hall–Kier alpha value is -3.42. The van der Waals surface area contributed by atoms with Gasteiger partial charge in [-0.2, -0.15) is 0 Å². The molecule has 0 saturated heterocycles. The lowest BCUT2D eigenvalue weighted by molar-refractivity contribution is 0.0706. The molecule has 162 valence electrons. The molecular weight excluding hydrogens is 394 g/mol. The summed E-state index contributed by atoms with van der Waals surface area (Å²) in [6, 6.07) is 18.1. The number of benzene rings is 3. The Balaban J connectivity index is 1.87. The van der Waals surface area contributed by atoms with E-state index in [1.54, 1.807) is 24.7 Å². The van der Waals surface area contributed by atoms with Crippen molar-refractivity contribution in [2.24, 2.45) is 0 Å². The van der Waals surface area contributed by atoms with Crippen molar-refractivity contribution in [2.45, 2.75) is 20.4 Å². The first-order valence-corrected chi connectivity index (χ1v) is 10.2. The Morgan fingerprint density at radius 2 is 1.65 bits per heavy atom. The van der Waals surface area contributed by atoms with Crippen molar-refractivity contribution in [3.63, 3.8) is 0 Å². The van der Waals surface area contributed by atoms with Crippen molar-refractivity contribution in [2.75, 3.05) is 25.0 Å². The fourth-order valence-electron chi connectivity index (χ4n) is 3.41. The number of hydrogen-bond donors (Lipinski definition) is 2. The number of carbonyl (C=O) groups is 2. The van der Waals surface area contributed by atoms with E-state index in [0.29, 0.717) is 18.0 Å². The van der Waals surface area contributed by atoms with Crippen molar-refractivity contribution < 1.29 is 19.5 Å². The van der Waals surface area contributed by atoms with E-state index in [-0.39, 0.29) is 5.56 Å². The number of hydrogen-bond acceptors (Lipinski definition) is 5. The molecule has 31 heavy (non-hydrogen) atoms. The molecular formula is C24H27N3O4. The van der Waals surface area contributed by atoms with Crippen molar-refractivity contribution in [1.82, 2.24) is 10.4 Å². The van der Waals surface area contributed by atoms with E-state index in [1.165, 1.54) is 17.0 Å². The first kappa shape index (κ1) is 22.3. The molecule has 0 saturated carbocycles. The van der Waals surface area contributed by atoms with Crippen molar-refractivity contribution >= 4 is 28.5 Å². The van der Waals surface area contributed by atoms with E-state index in [1.807, 2.05) is 36.4 Å². The Labute approximate surface area is 181 Å². The summed E-state index contributed by atoms with van der Waals surface area (Å²) in [5.41, 5.74) is 3.40. The number of rotatable bonds is 7. The van der Waals surface area contributed by atoms with Gasteiger partial charge in [0, 0.05) is 30.4 Å². The van der Waals surface area contributed by atoms with Gasteiger partial charge in [-0.25, -0.2) is 10.3 Å². The smallest absolute Gasteiger partial charge is 0.410 e. The van der Waals surface area contributed by atoms with Crippen LogP contribution in [0.2, 0.25) is 0 Å². The van der Waals surface area contributed by atoms with Gasteiger partial charge in [0.1, 0.15) is 5.75 Å². The van der Waals surface area contributed by atoms with Gasteiger partial charge >= 0.3 is 6.09 Å². The fourth-order valence-corrected chi connectivity index (χ4v) is 3.41. The lowest BCUT2D eigenvalue weighted by Crippen LogP contribution is -2.30. The van der Waals surface area contributed by atoms with E-state index in [2.05, 4.69) is 18.7 Å². The van der Waals surface area contributed by atoms with Crippen molar-refractivity contribution in [3.8, 4) is 5.75 Å². The summed E-state index contributed by atoms with van der Waals surface area (Å²) in [5, 5.41) is 10.9. The first-order valence-electron chi connectivity index (χ1n) is 10.2. The van der Waals surface area contributed by atoms with Gasteiger partial charge in [-0.15, -0.1) is 0 Å². The largest absolute Gasteiger partial charge is 0.419 e. The maximum absolute atomic E-state index is 12.9. The molecule has 0 radical (unpaired) electrons. The van der Waals surface area contributed by atoms with E-state index < -0.39 is 12.0 Å². The summed E-state index contributed by atoms with van der Waals surface area (Å²) < 4.78 is 5.80. The van der Waals surface area contributed by atoms with Crippen LogP contribution in [0.15, 0.2) is 60.7 Å². The van der Waals surface area contributed by atoms with Gasteiger partial charge < -0.3 is 4.74 Å². The van der Waals surface area contributed by atoms with Crippen LogP contribution in [0.1, 0.15) is 29.8 Å². The minimum atomic E-state index is -0.617. The van der Waals surface area contributed by atoms with Crippen LogP contribution >= 0.6 is 0 Å². The molecule has 2 amide bonds. The van der Waals surface area contributed by atoms with Crippen LogP contribution in [0.3, 0.4) is 0 Å². The third-order valence-corrected chi connectivity index (χ3v) is 5.36. The molecule has 7 heteroatoms. The highest BCUT2D eigenvalue weighted by Crippen LogP contribution is 2.30. The molecule has 3 rings (SSSR count). The van der Waals surface area contributed by atoms with Gasteiger partial charge in [0.05, 0.1) is 0 Å². The van der Waals surface area contributed by atoms with E-state index >= 15 is 0 Å². The summed E-state index contributed by atoms with van der Waals surface area (Å²) in [6.07, 6.45) is -0.532. The number of nitrogens with zero attached hydrogens (tertiary/aromatic N) is 2. The van der Waals surface area contributed by atoms with Crippen LogP contribution in [0.5, 0.6) is 5.75 Å². The molecule has 0 heterocycles. The zero-order valence-electron chi connectivity index (χ0n) is 18.0. The molecule has 3 aromatic rings. The summed E-state index contributed by atoms with van der Waals surface area (Å²) in [6.45, 7) is 6.66. The lowest BCUT2D eigenvalue weighted by atomic mass is 10.0. The minimum absolute atomic E-state index is 0.282. The summed E-state index contributed by atoms with van der Waals surface area (Å²) >= 11 is 0. The molecule has 0 atom stereocenters. The zero-order chi connectivity index (χ0) is 22.4. The van der Waals surface area contributed by atoms with Crippen LogP contribution in [-0.4, -0.2) is 42.2 Å². The Morgan fingerprint density at radius 1 is 0.968 bits per heavy atom. The number of hydroxylamine groups is 1. The van der Waals surface area contributed by atoms with Gasteiger partial charge in [-0.05, 0) is 54.2 Å². The standard InChI is InChI=1S/C24H27N3O4/c1-4-27(5-2)16-21-20-9-7-6-8-17(20)12-15-22(21)31-24(29)26(3)19-13-10-18(11-14-19)23(28)25-30/h6-15,30H,4-5,16H2,1-3H3,(H,25,28). The van der Waals surface area contributed by atoms with Crippen LogP contribution in [0.25, 0.3) is 10.8 Å². The molecule has 7 nitrogen and oxygen atoms in total. The molecule has 0 spiro atoms. The Bertz CT molecular complexity index is 1060. The van der Waals surface area contributed by atoms with Gasteiger partial charge in [0.25, 0.3) is 5.91 Å². The fraction of sp³-hybridized carbons (Fsp3) is 0.250. The second-order valence-corrected chi connectivity index (χ2v) is 7.14. The van der Waals surface area contributed by atoms with Crippen LogP contribution in [0.4, 0.5) is 10.5 Å². The van der Waals surface area contributed by atoms with Crippen molar-refractivity contribution in [1.29, 1.82) is 0 Å². The molecule has 0 aliphatic rings. The molecule has 0 unspecified atom stereocenters. The number of ether oxygens (including phenoxy) is 1. The second-order valence-electron chi connectivity index (χ2n) is 7.14. The highest BCUT2D eigenvalue weighted by atomic mass is 16.6. The normalized spacial score (nSPS) is 10.9. The van der Waals surface area contributed by atoms with Gasteiger partial charge in [-0.3, -0.25) is 19.8 Å². The van der Waals surface area contributed by atoms with Crippen LogP contribution in [0, 0.1) is 0 Å². The second kappa shape index (κ2) is 10.1. The Kier molecular flexibility index (Phi) is 7.23. The van der Waals surface area contributed by atoms with Crippen LogP contribution in [-0.2, 0) is 6.54 Å². The summed E-state index contributed by atoms with van der Waals surface area (Å²) in [4.78, 5) is 28.0. The molecule has 0 aliphatic heterocycles. The van der Waals surface area contributed by atoms with E-state index in [0.717, 1.165) is 29.4 Å². The number of carbonyl (C=O) groups excluding carboxylic acids is 2. The van der Waals surface area contributed by atoms with E-state index in [4.69, 9.17) is 9.94 Å². The van der Waals surface area contributed by atoms with Gasteiger partial charge in [-0.1, -0.05) is 44.2 Å². The molecule has 0 fully saturated rings. The molecule has 3 aromatic carbocycles. The average molecular weight is 421 g/mol. The highest BCUT2D eigenvalue weighted by Gasteiger charge is 2.18. The number of fused-ring (bicyclic) bond motifs is 1. The van der Waals surface area contributed by atoms with Gasteiger partial charge in [0.2, 0.25) is 0 Å². The lowest BCUT2D eigenvalue weighted by Gasteiger charge is -2.23. The van der Waals surface area contributed by atoms with Crippen LogP contribution < -0.4 is 15.1 Å². The maximum Gasteiger partial charge on any atom is 0.419 e. The number of nitrogens with one attached hydrogen (secondary N) is 1. The highest BCUT2D eigenvalue weighted by molar-refractivity contribution is 5.95. The first-order chi connectivity index (χ1) is 15.0. The zero-order valence-corrected chi connectivity index (χ0v) is 18.0. The Morgan fingerprint density at radius 3 is 2.29 bits per heavy atom. The molecule has 2 N–H and O–H groups in total. The minimum Gasteiger partial charge on any atom is -0.410 e. The van der Waals surface area contributed by atoms with Gasteiger partial charge in [0.15, 0.2) is 0 Å². The molecule has 0 aliphatic carbocycles.